The number of ether oxygens (including phenoxy) is 2. The minimum absolute atomic E-state index is 0.288. The van der Waals surface area contributed by atoms with Crippen LogP contribution < -0.4 is 4.74 Å². The molecule has 17 heavy (non-hydrogen) atoms. The summed E-state index contributed by atoms with van der Waals surface area (Å²) in [5.41, 5.74) is 2.59. The molecule has 0 aromatic heterocycles. The Morgan fingerprint density at radius 2 is 1.94 bits per heavy atom. The molecule has 0 heterocycles. The van der Waals surface area contributed by atoms with Crippen LogP contribution in [0.25, 0.3) is 10.8 Å². The minimum Gasteiger partial charge on any atom is -0.467 e. The van der Waals surface area contributed by atoms with Crippen molar-refractivity contribution in [2.24, 2.45) is 0 Å². The summed E-state index contributed by atoms with van der Waals surface area (Å²) < 4.78 is 10.6. The molecule has 0 N–H and O–H groups in total. The average Bonchev–Trinajstić information content (AvgIpc) is 2.37. The molecular formula is C15H18O2. The SMILES string of the molecule is CCc1cccc2c(C)ccc(OCOC)c12. The summed E-state index contributed by atoms with van der Waals surface area (Å²) in [7, 11) is 1.64. The summed E-state index contributed by atoms with van der Waals surface area (Å²) in [5, 5.41) is 2.48. The fraction of sp³-hybridized carbons (Fsp3) is 0.333. The van der Waals surface area contributed by atoms with Crippen molar-refractivity contribution in [3.63, 3.8) is 0 Å². The molecule has 0 aliphatic rings. The van der Waals surface area contributed by atoms with E-state index >= 15 is 0 Å². The van der Waals surface area contributed by atoms with Crippen LogP contribution in [0.3, 0.4) is 0 Å². The zero-order chi connectivity index (χ0) is 12.3. The number of aryl methyl sites for hydroxylation is 2. The molecule has 0 saturated carbocycles. The predicted molar refractivity (Wildman–Crippen MR) is 70.6 cm³/mol. The molecule has 2 nitrogen and oxygen atoms in total. The third kappa shape index (κ3) is 2.27. The van der Waals surface area contributed by atoms with E-state index in [1.54, 1.807) is 7.11 Å². The first kappa shape index (κ1) is 11.9. The van der Waals surface area contributed by atoms with Crippen molar-refractivity contribution in [1.29, 1.82) is 0 Å². The molecule has 0 spiro atoms. The maximum absolute atomic E-state index is 5.64. The molecule has 0 bridgehead atoms. The quantitative estimate of drug-likeness (QED) is 0.746. The maximum Gasteiger partial charge on any atom is 0.188 e. The van der Waals surface area contributed by atoms with Crippen molar-refractivity contribution >= 4 is 10.8 Å². The zero-order valence-electron chi connectivity index (χ0n) is 10.6. The van der Waals surface area contributed by atoms with Gasteiger partial charge in [-0.2, -0.15) is 0 Å². The van der Waals surface area contributed by atoms with Crippen LogP contribution >= 0.6 is 0 Å². The second kappa shape index (κ2) is 5.19. The molecule has 0 saturated heterocycles. The second-order valence-corrected chi connectivity index (χ2v) is 4.12. The van der Waals surface area contributed by atoms with Gasteiger partial charge in [-0.25, -0.2) is 0 Å². The summed E-state index contributed by atoms with van der Waals surface area (Å²) >= 11 is 0. The molecule has 0 fully saturated rings. The molecule has 2 aromatic rings. The Morgan fingerprint density at radius 3 is 2.65 bits per heavy atom. The standard InChI is InChI=1S/C15H18O2/c1-4-12-6-5-7-13-11(2)8-9-14(15(12)13)17-10-16-3/h5-9H,4,10H2,1-3H3. The molecular weight excluding hydrogens is 212 g/mol. The molecule has 0 amide bonds. The first-order valence-corrected chi connectivity index (χ1v) is 5.91. The lowest BCUT2D eigenvalue weighted by atomic mass is 9.98. The second-order valence-electron chi connectivity index (χ2n) is 4.12. The van der Waals surface area contributed by atoms with E-state index in [9.17, 15) is 0 Å². The fourth-order valence-corrected chi connectivity index (χ4v) is 2.13. The Bertz CT molecular complexity index is 518. The van der Waals surface area contributed by atoms with Crippen LogP contribution in [0, 0.1) is 6.92 Å². The van der Waals surface area contributed by atoms with Crippen LogP contribution in [-0.4, -0.2) is 13.9 Å². The van der Waals surface area contributed by atoms with Gasteiger partial charge in [0.25, 0.3) is 0 Å². The normalized spacial score (nSPS) is 10.8. The summed E-state index contributed by atoms with van der Waals surface area (Å²) in [4.78, 5) is 0. The number of methoxy groups -OCH3 is 1. The van der Waals surface area contributed by atoms with Crippen molar-refractivity contribution in [3.8, 4) is 5.75 Å². The van der Waals surface area contributed by atoms with Gasteiger partial charge >= 0.3 is 0 Å². The summed E-state index contributed by atoms with van der Waals surface area (Å²) in [6.07, 6.45) is 1.00. The minimum atomic E-state index is 0.288. The van der Waals surface area contributed by atoms with Gasteiger partial charge < -0.3 is 9.47 Å². The Labute approximate surface area is 102 Å². The third-order valence-corrected chi connectivity index (χ3v) is 3.02. The smallest absolute Gasteiger partial charge is 0.188 e. The molecule has 0 unspecified atom stereocenters. The van der Waals surface area contributed by atoms with E-state index in [1.807, 2.05) is 6.07 Å². The van der Waals surface area contributed by atoms with Crippen molar-refractivity contribution in [1.82, 2.24) is 0 Å². The van der Waals surface area contributed by atoms with Crippen LogP contribution in [0.2, 0.25) is 0 Å². The number of fused-ring (bicyclic) bond motifs is 1. The summed E-state index contributed by atoms with van der Waals surface area (Å²) in [6.45, 7) is 4.58. The lowest BCUT2D eigenvalue weighted by Crippen LogP contribution is -2.00. The van der Waals surface area contributed by atoms with E-state index in [-0.39, 0.29) is 6.79 Å². The Hall–Kier alpha value is -1.54. The fourth-order valence-electron chi connectivity index (χ4n) is 2.13. The Morgan fingerprint density at radius 1 is 1.12 bits per heavy atom. The van der Waals surface area contributed by atoms with Gasteiger partial charge in [0.15, 0.2) is 6.79 Å². The van der Waals surface area contributed by atoms with Gasteiger partial charge in [-0.15, -0.1) is 0 Å². The van der Waals surface area contributed by atoms with Crippen molar-refractivity contribution in [3.05, 3.63) is 41.5 Å². The molecule has 0 aliphatic carbocycles. The molecule has 2 heteroatoms. The average molecular weight is 230 g/mol. The highest BCUT2D eigenvalue weighted by atomic mass is 16.7. The number of rotatable bonds is 4. The van der Waals surface area contributed by atoms with E-state index in [4.69, 9.17) is 9.47 Å². The van der Waals surface area contributed by atoms with E-state index in [2.05, 4.69) is 38.1 Å². The summed E-state index contributed by atoms with van der Waals surface area (Å²) in [5.74, 6) is 0.907. The third-order valence-electron chi connectivity index (χ3n) is 3.02. The molecule has 2 rings (SSSR count). The monoisotopic (exact) mass is 230 g/mol. The van der Waals surface area contributed by atoms with Crippen molar-refractivity contribution in [2.45, 2.75) is 20.3 Å². The van der Waals surface area contributed by atoms with Crippen LogP contribution in [-0.2, 0) is 11.2 Å². The van der Waals surface area contributed by atoms with Crippen molar-refractivity contribution < 1.29 is 9.47 Å². The molecule has 2 aromatic carbocycles. The lowest BCUT2D eigenvalue weighted by Gasteiger charge is -2.13. The maximum atomic E-state index is 5.64. The van der Waals surface area contributed by atoms with Gasteiger partial charge in [0, 0.05) is 12.5 Å². The summed E-state index contributed by atoms with van der Waals surface area (Å²) in [6, 6.07) is 10.5. The van der Waals surface area contributed by atoms with Gasteiger partial charge in [-0.3, -0.25) is 0 Å². The van der Waals surface area contributed by atoms with Crippen molar-refractivity contribution in [2.75, 3.05) is 13.9 Å². The highest BCUT2D eigenvalue weighted by molar-refractivity contribution is 5.93. The molecule has 0 atom stereocenters. The van der Waals surface area contributed by atoms with Gasteiger partial charge in [0.05, 0.1) is 0 Å². The van der Waals surface area contributed by atoms with E-state index in [1.165, 1.54) is 21.9 Å². The van der Waals surface area contributed by atoms with Crippen LogP contribution in [0.1, 0.15) is 18.1 Å². The lowest BCUT2D eigenvalue weighted by molar-refractivity contribution is 0.0522. The first-order valence-electron chi connectivity index (χ1n) is 5.91. The van der Waals surface area contributed by atoms with Gasteiger partial charge in [-0.1, -0.05) is 31.2 Å². The van der Waals surface area contributed by atoms with E-state index in [0.717, 1.165) is 12.2 Å². The molecule has 0 radical (unpaired) electrons. The Balaban J connectivity index is 2.63. The van der Waals surface area contributed by atoms with E-state index in [0.29, 0.717) is 0 Å². The first-order chi connectivity index (χ1) is 8.27. The largest absolute Gasteiger partial charge is 0.467 e. The van der Waals surface area contributed by atoms with Gasteiger partial charge in [-0.05, 0) is 35.9 Å². The molecule has 0 aliphatic heterocycles. The molecule has 90 valence electrons. The number of benzene rings is 2. The van der Waals surface area contributed by atoms with Crippen LogP contribution in [0.5, 0.6) is 5.75 Å². The van der Waals surface area contributed by atoms with Crippen LogP contribution in [0.4, 0.5) is 0 Å². The zero-order valence-corrected chi connectivity index (χ0v) is 10.6. The topological polar surface area (TPSA) is 18.5 Å². The van der Waals surface area contributed by atoms with E-state index < -0.39 is 0 Å². The number of hydrogen-bond acceptors (Lipinski definition) is 2. The highest BCUT2D eigenvalue weighted by Crippen LogP contribution is 2.31. The highest BCUT2D eigenvalue weighted by Gasteiger charge is 2.08. The van der Waals surface area contributed by atoms with Crippen LogP contribution in [0.15, 0.2) is 30.3 Å². The Kier molecular flexibility index (Phi) is 3.64. The van der Waals surface area contributed by atoms with Gasteiger partial charge in [0.2, 0.25) is 0 Å². The van der Waals surface area contributed by atoms with Gasteiger partial charge in [0.1, 0.15) is 5.75 Å². The predicted octanol–water partition coefficient (Wildman–Crippen LogP) is 3.69. The number of hydrogen-bond donors (Lipinski definition) is 0.